The van der Waals surface area contributed by atoms with Crippen LogP contribution in [-0.2, 0) is 0 Å². The average molecular weight is 395 g/mol. The summed E-state index contributed by atoms with van der Waals surface area (Å²) in [6.45, 7) is 2.44. The van der Waals surface area contributed by atoms with Gasteiger partial charge in [0, 0.05) is 18.8 Å². The Labute approximate surface area is 163 Å². The number of hydrogen-bond acceptors (Lipinski definition) is 4. The second kappa shape index (κ2) is 8.71. The molecule has 0 spiro atoms. The molecule has 27 heavy (non-hydrogen) atoms. The summed E-state index contributed by atoms with van der Waals surface area (Å²) in [4.78, 5) is 12.5. The zero-order valence-corrected chi connectivity index (χ0v) is 15.8. The number of hydrogen-bond donors (Lipinski definition) is 2. The van der Waals surface area contributed by atoms with Gasteiger partial charge in [0.2, 0.25) is 0 Å². The lowest BCUT2D eigenvalue weighted by atomic mass is 10.1. The normalized spacial score (nSPS) is 19.2. The summed E-state index contributed by atoms with van der Waals surface area (Å²) in [5.41, 5.74) is 0.805. The van der Waals surface area contributed by atoms with Crippen LogP contribution in [0, 0.1) is 11.7 Å². The fourth-order valence-corrected chi connectivity index (χ4v) is 3.12. The summed E-state index contributed by atoms with van der Waals surface area (Å²) in [7, 11) is 0. The van der Waals surface area contributed by atoms with Gasteiger partial charge in [0.1, 0.15) is 11.6 Å². The van der Waals surface area contributed by atoms with E-state index in [9.17, 15) is 9.18 Å². The van der Waals surface area contributed by atoms with E-state index in [0.29, 0.717) is 29.7 Å². The van der Waals surface area contributed by atoms with E-state index in [1.807, 2.05) is 10.9 Å². The maximum absolute atomic E-state index is 13.5. The number of carbonyl (C=O) groups is 1. The second-order valence-corrected chi connectivity index (χ2v) is 7.03. The molecule has 1 aliphatic carbocycles. The summed E-state index contributed by atoms with van der Waals surface area (Å²) in [6, 6.07) is 6.12. The molecule has 0 radical (unpaired) electrons. The summed E-state index contributed by atoms with van der Waals surface area (Å²) in [6.07, 6.45) is 6.27. The number of aromatic nitrogens is 2. The van der Waals surface area contributed by atoms with E-state index in [0.717, 1.165) is 38.8 Å². The van der Waals surface area contributed by atoms with Crippen molar-refractivity contribution < 1.29 is 13.9 Å². The largest absolute Gasteiger partial charge is 0.491 e. The molecule has 2 aromatic rings. The quantitative estimate of drug-likeness (QED) is 0.787. The van der Waals surface area contributed by atoms with E-state index in [1.54, 1.807) is 6.07 Å². The first kappa shape index (κ1) is 19.6. The molecule has 2 heterocycles. The van der Waals surface area contributed by atoms with Crippen molar-refractivity contribution in [2.24, 2.45) is 5.92 Å². The van der Waals surface area contributed by atoms with Gasteiger partial charge < -0.3 is 15.4 Å². The smallest absolute Gasteiger partial charge is 0.276 e. The zero-order valence-electron chi connectivity index (χ0n) is 15.0. The standard InChI is InChI=1S/C19H23FN4O2.ClH/c20-14-5-6-16(18(10-14)26-12-13-3-4-13)22-19(25)17-7-9-24(23-17)15-2-1-8-21-11-15;/h5-7,9-10,13,15,21H,1-4,8,11-12H2,(H,22,25);1H. The van der Waals surface area contributed by atoms with Gasteiger partial charge in [-0.15, -0.1) is 12.4 Å². The summed E-state index contributed by atoms with van der Waals surface area (Å²) in [5.74, 6) is 0.195. The Hall–Kier alpha value is -2.12. The minimum absolute atomic E-state index is 0. The predicted molar refractivity (Wildman–Crippen MR) is 103 cm³/mol. The van der Waals surface area contributed by atoms with Crippen LogP contribution in [0.1, 0.15) is 42.2 Å². The number of nitrogens with one attached hydrogen (secondary N) is 2. The molecule has 1 saturated heterocycles. The van der Waals surface area contributed by atoms with Crippen molar-refractivity contribution >= 4 is 24.0 Å². The molecular weight excluding hydrogens is 371 g/mol. The highest BCUT2D eigenvalue weighted by molar-refractivity contribution is 6.03. The highest BCUT2D eigenvalue weighted by atomic mass is 35.5. The molecule has 2 aliphatic rings. The van der Waals surface area contributed by atoms with Crippen LogP contribution in [0.3, 0.4) is 0 Å². The molecule has 4 rings (SSSR count). The first-order valence-electron chi connectivity index (χ1n) is 9.18. The van der Waals surface area contributed by atoms with Crippen LogP contribution < -0.4 is 15.4 Å². The third-order valence-electron chi connectivity index (χ3n) is 4.85. The van der Waals surface area contributed by atoms with Crippen molar-refractivity contribution in [2.45, 2.75) is 31.7 Å². The first-order valence-corrected chi connectivity index (χ1v) is 9.18. The molecule has 1 aliphatic heterocycles. The Bertz CT molecular complexity index is 788. The number of piperidine rings is 1. The number of halogens is 2. The van der Waals surface area contributed by atoms with Crippen molar-refractivity contribution in [1.82, 2.24) is 15.1 Å². The number of rotatable bonds is 6. The Morgan fingerprint density at radius 2 is 2.19 bits per heavy atom. The molecule has 1 amide bonds. The van der Waals surface area contributed by atoms with Crippen molar-refractivity contribution in [3.8, 4) is 5.75 Å². The van der Waals surface area contributed by atoms with E-state index in [-0.39, 0.29) is 30.2 Å². The van der Waals surface area contributed by atoms with Crippen LogP contribution in [-0.4, -0.2) is 35.4 Å². The van der Waals surface area contributed by atoms with Crippen LogP contribution in [0.15, 0.2) is 30.5 Å². The Morgan fingerprint density at radius 3 is 2.93 bits per heavy atom. The lowest BCUT2D eigenvalue weighted by Gasteiger charge is -2.22. The van der Waals surface area contributed by atoms with Gasteiger partial charge >= 0.3 is 0 Å². The highest BCUT2D eigenvalue weighted by Gasteiger charge is 2.23. The van der Waals surface area contributed by atoms with E-state index in [2.05, 4.69) is 15.7 Å². The van der Waals surface area contributed by atoms with Gasteiger partial charge in [-0.1, -0.05) is 0 Å². The molecule has 1 unspecified atom stereocenters. The Balaban J connectivity index is 0.00000210. The zero-order chi connectivity index (χ0) is 17.9. The molecule has 2 fully saturated rings. The van der Waals surface area contributed by atoms with Crippen LogP contribution in [0.5, 0.6) is 5.75 Å². The fraction of sp³-hybridized carbons (Fsp3) is 0.474. The summed E-state index contributed by atoms with van der Waals surface area (Å²) in [5, 5.41) is 10.5. The van der Waals surface area contributed by atoms with E-state index < -0.39 is 0 Å². The van der Waals surface area contributed by atoms with Crippen LogP contribution in [0.2, 0.25) is 0 Å². The van der Waals surface area contributed by atoms with Crippen molar-refractivity contribution in [3.05, 3.63) is 42.0 Å². The molecule has 146 valence electrons. The number of anilines is 1. The molecule has 1 aromatic heterocycles. The minimum atomic E-state index is -0.386. The van der Waals surface area contributed by atoms with Gasteiger partial charge in [-0.25, -0.2) is 4.39 Å². The predicted octanol–water partition coefficient (Wildman–Crippen LogP) is 3.41. The lowest BCUT2D eigenvalue weighted by Crippen LogP contribution is -2.32. The Kier molecular flexibility index (Phi) is 6.34. The minimum Gasteiger partial charge on any atom is -0.491 e. The second-order valence-electron chi connectivity index (χ2n) is 7.03. The monoisotopic (exact) mass is 394 g/mol. The van der Waals surface area contributed by atoms with Crippen molar-refractivity contribution in [2.75, 3.05) is 25.0 Å². The highest BCUT2D eigenvalue weighted by Crippen LogP contribution is 2.32. The van der Waals surface area contributed by atoms with Gasteiger partial charge in [-0.3, -0.25) is 9.48 Å². The van der Waals surface area contributed by atoms with Gasteiger partial charge in [0.25, 0.3) is 5.91 Å². The number of benzene rings is 1. The number of nitrogens with zero attached hydrogens (tertiary/aromatic N) is 2. The first-order chi connectivity index (χ1) is 12.7. The number of carbonyl (C=O) groups excluding carboxylic acids is 1. The topological polar surface area (TPSA) is 68.2 Å². The van der Waals surface area contributed by atoms with Crippen LogP contribution in [0.4, 0.5) is 10.1 Å². The molecule has 0 bridgehead atoms. The molecule has 8 heteroatoms. The molecule has 1 aromatic carbocycles. The van der Waals surface area contributed by atoms with Crippen LogP contribution in [0.25, 0.3) is 0 Å². The Morgan fingerprint density at radius 1 is 1.33 bits per heavy atom. The van der Waals surface area contributed by atoms with Gasteiger partial charge in [-0.2, -0.15) is 5.10 Å². The summed E-state index contributed by atoms with van der Waals surface area (Å²) < 4.78 is 21.1. The summed E-state index contributed by atoms with van der Waals surface area (Å²) >= 11 is 0. The van der Waals surface area contributed by atoms with Crippen molar-refractivity contribution in [1.29, 1.82) is 0 Å². The maximum atomic E-state index is 13.5. The van der Waals surface area contributed by atoms with E-state index >= 15 is 0 Å². The van der Waals surface area contributed by atoms with Gasteiger partial charge in [-0.05, 0) is 56.3 Å². The van der Waals surface area contributed by atoms with E-state index in [1.165, 1.54) is 18.2 Å². The third kappa shape index (κ3) is 4.99. The SMILES string of the molecule is Cl.O=C(Nc1ccc(F)cc1OCC1CC1)c1ccn(C2CCCNC2)n1. The maximum Gasteiger partial charge on any atom is 0.276 e. The fourth-order valence-electron chi connectivity index (χ4n) is 3.12. The number of ether oxygens (including phenoxy) is 1. The van der Waals surface area contributed by atoms with Gasteiger partial charge in [0.15, 0.2) is 5.69 Å². The lowest BCUT2D eigenvalue weighted by molar-refractivity contribution is 0.102. The molecular formula is C19H24ClFN4O2. The average Bonchev–Trinajstić information content (AvgIpc) is 3.36. The van der Waals surface area contributed by atoms with E-state index in [4.69, 9.17) is 4.74 Å². The number of amides is 1. The van der Waals surface area contributed by atoms with Gasteiger partial charge in [0.05, 0.1) is 18.3 Å². The molecule has 6 nitrogen and oxygen atoms in total. The van der Waals surface area contributed by atoms with Crippen LogP contribution >= 0.6 is 12.4 Å². The van der Waals surface area contributed by atoms with Crippen molar-refractivity contribution in [3.63, 3.8) is 0 Å². The molecule has 1 atom stereocenters. The molecule has 2 N–H and O–H groups in total. The molecule has 1 saturated carbocycles. The third-order valence-corrected chi connectivity index (χ3v) is 4.85.